The Labute approximate surface area is 334 Å². The number of hydrogen-bond donors (Lipinski definition) is 9. The van der Waals surface area contributed by atoms with Crippen LogP contribution in [-0.4, -0.2) is 94.9 Å². The molecular weight excluding hydrogens is 732 g/mol. The van der Waals surface area contributed by atoms with Crippen LogP contribution in [-0.2, 0) is 33.6 Å². The number of aliphatic carboxylic acids is 1. The highest BCUT2D eigenvalue weighted by Crippen LogP contribution is 2.63. The molecule has 16 nitrogen and oxygen atoms in total. The minimum atomic E-state index is -1.44. The van der Waals surface area contributed by atoms with Crippen molar-refractivity contribution in [3.8, 4) is 0 Å². The van der Waals surface area contributed by atoms with Gasteiger partial charge in [0.25, 0.3) is 0 Å². The maximum atomic E-state index is 14.5. The Balaban J connectivity index is 1.22. The number of carboxylic acid groups (broad SMARTS) is 1. The predicted octanol–water partition coefficient (Wildman–Crippen LogP) is 0.602. The lowest BCUT2D eigenvalue weighted by atomic mass is 9.46. The third kappa shape index (κ3) is 8.53. The van der Waals surface area contributed by atoms with Gasteiger partial charge < -0.3 is 48.5 Å². The number of rotatable bonds is 10. The highest BCUT2D eigenvalue weighted by atomic mass is 16.4. The highest BCUT2D eigenvalue weighted by molar-refractivity contribution is 5.96. The zero-order chi connectivity index (χ0) is 40.8. The summed E-state index contributed by atoms with van der Waals surface area (Å²) in [6, 6.07) is -4.27. The first-order valence-corrected chi connectivity index (χ1v) is 21.6. The van der Waals surface area contributed by atoms with Crippen molar-refractivity contribution in [2.45, 2.75) is 164 Å². The summed E-state index contributed by atoms with van der Waals surface area (Å²) in [5.41, 5.74) is 8.41. The van der Waals surface area contributed by atoms with Gasteiger partial charge in [0, 0.05) is 11.1 Å². The van der Waals surface area contributed by atoms with Crippen molar-refractivity contribution in [2.24, 2.45) is 46.0 Å². The van der Waals surface area contributed by atoms with E-state index in [2.05, 4.69) is 31.9 Å². The number of carbonyl (C=O) groups excluding carboxylic acids is 6. The molecule has 8 unspecified atom stereocenters. The van der Waals surface area contributed by atoms with E-state index in [-0.39, 0.29) is 41.9 Å². The summed E-state index contributed by atoms with van der Waals surface area (Å²) in [4.78, 5) is 97.4. The number of hydrogen-bond acceptors (Lipinski definition) is 9. The summed E-state index contributed by atoms with van der Waals surface area (Å²) >= 11 is 0. The molecule has 11 N–H and O–H groups in total. The average molecular weight is 797 g/mol. The van der Waals surface area contributed by atoms with E-state index >= 15 is 0 Å². The van der Waals surface area contributed by atoms with Crippen LogP contribution in [0.25, 0.3) is 0 Å². The van der Waals surface area contributed by atoms with Gasteiger partial charge in [0.15, 0.2) is 0 Å². The summed E-state index contributed by atoms with van der Waals surface area (Å²) in [7, 11) is 0. The van der Waals surface area contributed by atoms with Crippen LogP contribution in [0.4, 0.5) is 0 Å². The van der Waals surface area contributed by atoms with Crippen LogP contribution in [0, 0.1) is 34.5 Å². The molecule has 1 aliphatic heterocycles. The number of amides is 6. The molecule has 0 radical (unpaired) electrons. The summed E-state index contributed by atoms with van der Waals surface area (Å²) in [5, 5.41) is 28.1. The van der Waals surface area contributed by atoms with E-state index in [4.69, 9.17) is 11.5 Å². The molecular formula is C41H64N8O8. The standard InChI is InChI=1S/C41H64N8O8/c1-23-32(52)45-28(6-2-4-8-42)34(54)48-41-19-26-11-27(20-41)16-39(15-26,22-41)37(57)47-30(12-31(50)51)33(53)46-29(7-3-5-9-43)35(55)49-40-17-24-10-25(18-40)14-38(13-24,21-40)36(56)44-23/h23-30H,2-22,42-43H2,1H3,(H,44,56)(H,45,52)(H,46,53)(H,47,57)(H,48,54)(H,49,55)(H,50,51)/t23-,24-,25?,26-,27?,28?,29?,30-,38?,39?,40?,41?/m0/s1. The van der Waals surface area contributed by atoms with E-state index in [1.54, 1.807) is 6.92 Å². The van der Waals surface area contributed by atoms with Crippen molar-refractivity contribution in [3.05, 3.63) is 0 Å². The largest absolute Gasteiger partial charge is 0.481 e. The van der Waals surface area contributed by atoms with Crippen molar-refractivity contribution in [1.82, 2.24) is 31.9 Å². The predicted molar refractivity (Wildman–Crippen MR) is 207 cm³/mol. The number of nitrogens with one attached hydrogen (secondary N) is 6. The van der Waals surface area contributed by atoms with Crippen LogP contribution in [0.2, 0.25) is 0 Å². The van der Waals surface area contributed by atoms with Gasteiger partial charge in [-0.1, -0.05) is 0 Å². The fourth-order valence-electron chi connectivity index (χ4n) is 13.2. The SMILES string of the molecule is C[C@@H]1NC(=O)C23CC4C[C@H](CC(C4)(C2)NC(=O)C(CCCCN)NC(=O)[C@H](CC(=O)O)NC(=O)C24CC5C[C@H](CC(C5)(C2)NC(=O)C(CCCCN)NC1=O)C4)C3. The van der Waals surface area contributed by atoms with Crippen LogP contribution in [0.5, 0.6) is 0 Å². The molecule has 0 aromatic heterocycles. The molecule has 16 heteroatoms. The van der Waals surface area contributed by atoms with E-state index in [9.17, 15) is 38.7 Å². The van der Waals surface area contributed by atoms with E-state index in [0.29, 0.717) is 109 Å². The molecule has 9 rings (SSSR count). The van der Waals surface area contributed by atoms with Gasteiger partial charge in [-0.15, -0.1) is 0 Å². The third-order valence-electron chi connectivity index (χ3n) is 14.8. The van der Waals surface area contributed by atoms with E-state index in [1.165, 1.54) is 0 Å². The molecule has 8 aliphatic carbocycles. The molecule has 0 aromatic carbocycles. The topological polar surface area (TPSA) is 264 Å². The van der Waals surface area contributed by atoms with Crippen LogP contribution in [0.1, 0.15) is 129 Å². The fraction of sp³-hybridized carbons (Fsp3) is 0.829. The van der Waals surface area contributed by atoms with Gasteiger partial charge in [0.05, 0.1) is 17.3 Å². The Morgan fingerprint density at radius 1 is 0.579 bits per heavy atom. The fourth-order valence-corrected chi connectivity index (χ4v) is 13.2. The van der Waals surface area contributed by atoms with Crippen LogP contribution in [0.15, 0.2) is 0 Å². The number of carbonyl (C=O) groups is 7. The van der Waals surface area contributed by atoms with Gasteiger partial charge in [0.1, 0.15) is 24.2 Å². The Bertz CT molecular complexity index is 1610. The maximum absolute atomic E-state index is 14.5. The lowest BCUT2D eigenvalue weighted by Gasteiger charge is -2.61. The second kappa shape index (κ2) is 16.1. The lowest BCUT2D eigenvalue weighted by molar-refractivity contribution is -0.157. The van der Waals surface area contributed by atoms with E-state index in [1.807, 2.05) is 0 Å². The molecule has 6 amide bonds. The zero-order valence-corrected chi connectivity index (χ0v) is 33.4. The smallest absolute Gasteiger partial charge is 0.305 e. The Hall–Kier alpha value is -3.79. The Morgan fingerprint density at radius 3 is 1.42 bits per heavy atom. The van der Waals surface area contributed by atoms with Crippen molar-refractivity contribution in [2.75, 3.05) is 13.1 Å². The van der Waals surface area contributed by atoms with E-state index in [0.717, 1.165) is 12.8 Å². The van der Waals surface area contributed by atoms with Crippen molar-refractivity contribution < 1.29 is 38.7 Å². The van der Waals surface area contributed by atoms with Gasteiger partial charge in [-0.05, 0) is 159 Å². The van der Waals surface area contributed by atoms with Crippen LogP contribution >= 0.6 is 0 Å². The highest BCUT2D eigenvalue weighted by Gasteiger charge is 2.63. The van der Waals surface area contributed by atoms with Gasteiger partial charge >= 0.3 is 5.97 Å². The molecule has 1 heterocycles. The quantitative estimate of drug-likeness (QED) is 0.139. The summed E-state index contributed by atoms with van der Waals surface area (Å²) in [5.74, 6) is -3.25. The van der Waals surface area contributed by atoms with Crippen LogP contribution in [0.3, 0.4) is 0 Å². The van der Waals surface area contributed by atoms with Crippen LogP contribution < -0.4 is 43.4 Å². The third-order valence-corrected chi connectivity index (χ3v) is 14.8. The van der Waals surface area contributed by atoms with E-state index < -0.39 is 82.1 Å². The summed E-state index contributed by atoms with van der Waals surface area (Å²) < 4.78 is 0. The van der Waals surface area contributed by atoms with Gasteiger partial charge in [-0.3, -0.25) is 33.6 Å². The molecule has 12 atom stereocenters. The Morgan fingerprint density at radius 2 is 1.00 bits per heavy atom. The van der Waals surface area contributed by atoms with Crippen molar-refractivity contribution in [1.29, 1.82) is 0 Å². The molecule has 8 saturated carbocycles. The first-order chi connectivity index (χ1) is 27.1. The molecule has 0 aromatic rings. The molecule has 9 fully saturated rings. The zero-order valence-electron chi connectivity index (χ0n) is 33.4. The van der Waals surface area contributed by atoms with Gasteiger partial charge in [0.2, 0.25) is 35.4 Å². The number of unbranched alkanes of at least 4 members (excludes halogenated alkanes) is 2. The molecule has 9 aliphatic rings. The lowest BCUT2D eigenvalue weighted by Crippen LogP contribution is -2.69. The van der Waals surface area contributed by atoms with Gasteiger partial charge in [-0.25, -0.2) is 0 Å². The summed E-state index contributed by atoms with van der Waals surface area (Å²) in [6.45, 7) is 2.45. The summed E-state index contributed by atoms with van der Waals surface area (Å²) in [6.07, 6.45) is 9.99. The van der Waals surface area contributed by atoms with Crippen molar-refractivity contribution >= 4 is 41.4 Å². The molecule has 4 spiro atoms. The second-order valence-electron chi connectivity index (χ2n) is 19.5. The van der Waals surface area contributed by atoms with Crippen molar-refractivity contribution in [3.63, 3.8) is 0 Å². The average Bonchev–Trinajstić information content (AvgIpc) is 3.11. The monoisotopic (exact) mass is 796 g/mol. The minimum Gasteiger partial charge on any atom is -0.481 e. The number of nitrogens with two attached hydrogens (primary N) is 2. The first kappa shape index (κ1) is 41.4. The first-order valence-electron chi connectivity index (χ1n) is 21.6. The Kier molecular flexibility index (Phi) is 11.7. The molecule has 316 valence electrons. The minimum absolute atomic E-state index is 0.134. The number of carboxylic acids is 1. The maximum Gasteiger partial charge on any atom is 0.305 e. The normalized spacial score (nSPS) is 41.8. The second-order valence-corrected chi connectivity index (χ2v) is 19.5. The molecule has 8 bridgehead atoms. The van der Waals surface area contributed by atoms with Gasteiger partial charge in [-0.2, -0.15) is 0 Å². The molecule has 1 saturated heterocycles. The molecule has 57 heavy (non-hydrogen) atoms.